The van der Waals surface area contributed by atoms with Crippen molar-refractivity contribution in [3.8, 4) is 0 Å². The van der Waals surface area contributed by atoms with Gasteiger partial charge >= 0.3 is 0 Å². The van der Waals surface area contributed by atoms with Crippen LogP contribution in [-0.4, -0.2) is 41.4 Å². The first-order valence-corrected chi connectivity index (χ1v) is 7.13. The van der Waals surface area contributed by atoms with Crippen LogP contribution in [0.1, 0.15) is 37.7 Å². The minimum atomic E-state index is -0.414. The molecule has 0 aliphatic heterocycles. The number of amides is 2. The molecule has 0 aliphatic rings. The third-order valence-electron chi connectivity index (χ3n) is 2.54. The maximum absolute atomic E-state index is 11.9. The summed E-state index contributed by atoms with van der Waals surface area (Å²) in [5.41, 5.74) is 0.188. The number of nitrogens with one attached hydrogen (secondary N) is 3. The van der Waals surface area contributed by atoms with E-state index in [1.165, 1.54) is 6.20 Å². The predicted molar refractivity (Wildman–Crippen MR) is 81.0 cm³/mol. The highest BCUT2D eigenvalue weighted by Gasteiger charge is 2.10. The topological polar surface area (TPSA) is 96.0 Å². The molecular formula is C14H23N5O2. The molecule has 2 amide bonds. The molecule has 3 N–H and O–H groups in total. The maximum Gasteiger partial charge on any atom is 0.272 e. The fraction of sp³-hybridized carbons (Fsp3) is 0.571. The van der Waals surface area contributed by atoms with Gasteiger partial charge in [-0.1, -0.05) is 20.8 Å². The fourth-order valence-electron chi connectivity index (χ4n) is 1.45. The van der Waals surface area contributed by atoms with Gasteiger partial charge < -0.3 is 16.0 Å². The van der Waals surface area contributed by atoms with Gasteiger partial charge in [0.1, 0.15) is 11.5 Å². The van der Waals surface area contributed by atoms with Crippen molar-refractivity contribution in [3.05, 3.63) is 18.1 Å². The smallest absolute Gasteiger partial charge is 0.272 e. The van der Waals surface area contributed by atoms with Crippen LogP contribution < -0.4 is 16.0 Å². The number of anilines is 1. The zero-order valence-corrected chi connectivity index (χ0v) is 12.8. The van der Waals surface area contributed by atoms with Crippen LogP contribution in [-0.2, 0) is 4.79 Å². The Kier molecular flexibility index (Phi) is 7.14. The van der Waals surface area contributed by atoms with Crippen LogP contribution in [0.25, 0.3) is 0 Å². The summed E-state index contributed by atoms with van der Waals surface area (Å²) in [6.07, 6.45) is 3.88. The lowest BCUT2D eigenvalue weighted by molar-refractivity contribution is -0.120. The molecule has 1 aromatic rings. The van der Waals surface area contributed by atoms with Crippen molar-refractivity contribution in [3.63, 3.8) is 0 Å². The van der Waals surface area contributed by atoms with Crippen LogP contribution >= 0.6 is 0 Å². The molecule has 0 saturated heterocycles. The quantitative estimate of drug-likeness (QED) is 0.659. The Bertz CT molecular complexity index is 476. The predicted octanol–water partition coefficient (Wildman–Crippen LogP) is 0.800. The lowest BCUT2D eigenvalue weighted by Crippen LogP contribution is -2.38. The number of hydrogen-bond donors (Lipinski definition) is 3. The highest BCUT2D eigenvalue weighted by molar-refractivity contribution is 5.94. The molecule has 0 aliphatic carbocycles. The van der Waals surface area contributed by atoms with Gasteiger partial charge in [-0.05, 0) is 12.3 Å². The van der Waals surface area contributed by atoms with Crippen LogP contribution in [0.2, 0.25) is 0 Å². The highest BCUT2D eigenvalue weighted by atomic mass is 16.2. The summed E-state index contributed by atoms with van der Waals surface area (Å²) in [6.45, 7) is 7.32. The average molecular weight is 293 g/mol. The molecule has 0 fully saturated rings. The summed E-state index contributed by atoms with van der Waals surface area (Å²) < 4.78 is 0. The van der Waals surface area contributed by atoms with Crippen molar-refractivity contribution in [1.82, 2.24) is 20.6 Å². The molecule has 0 radical (unpaired) electrons. The third-order valence-corrected chi connectivity index (χ3v) is 2.54. The van der Waals surface area contributed by atoms with Gasteiger partial charge in [0, 0.05) is 13.1 Å². The second-order valence-electron chi connectivity index (χ2n) is 5.10. The van der Waals surface area contributed by atoms with Crippen molar-refractivity contribution in [2.24, 2.45) is 5.92 Å². The highest BCUT2D eigenvalue weighted by Crippen LogP contribution is 2.02. The molecule has 0 spiro atoms. The SMILES string of the molecule is CCCNc1cncc(C(=O)NCC(=O)NCC(C)C)n1. The monoisotopic (exact) mass is 293 g/mol. The average Bonchev–Trinajstić information content (AvgIpc) is 2.48. The number of rotatable bonds is 8. The number of aromatic nitrogens is 2. The summed E-state index contributed by atoms with van der Waals surface area (Å²) in [5.74, 6) is 0.290. The molecule has 1 rings (SSSR count). The minimum Gasteiger partial charge on any atom is -0.369 e. The van der Waals surface area contributed by atoms with Crippen molar-refractivity contribution in [2.45, 2.75) is 27.2 Å². The normalized spacial score (nSPS) is 10.3. The first-order valence-electron chi connectivity index (χ1n) is 7.13. The van der Waals surface area contributed by atoms with Crippen molar-refractivity contribution in [2.75, 3.05) is 25.0 Å². The second-order valence-corrected chi connectivity index (χ2v) is 5.10. The van der Waals surface area contributed by atoms with E-state index in [2.05, 4.69) is 25.9 Å². The lowest BCUT2D eigenvalue weighted by atomic mass is 10.2. The zero-order chi connectivity index (χ0) is 15.7. The molecule has 7 nitrogen and oxygen atoms in total. The van der Waals surface area contributed by atoms with Gasteiger partial charge in [-0.15, -0.1) is 0 Å². The molecule has 0 bridgehead atoms. The van der Waals surface area contributed by atoms with Crippen LogP contribution in [0.3, 0.4) is 0 Å². The van der Waals surface area contributed by atoms with E-state index >= 15 is 0 Å². The molecule has 116 valence electrons. The standard InChI is InChI=1S/C14H23N5O2/c1-4-5-16-12-8-15-7-11(19-12)14(21)18-9-13(20)17-6-10(2)3/h7-8,10H,4-6,9H2,1-3H3,(H,16,19)(H,17,20)(H,18,21). The Morgan fingerprint density at radius 2 is 2.00 bits per heavy atom. The molecule has 0 saturated carbocycles. The Balaban J connectivity index is 2.46. The molecule has 21 heavy (non-hydrogen) atoms. The minimum absolute atomic E-state index is 0.0696. The Morgan fingerprint density at radius 3 is 2.67 bits per heavy atom. The summed E-state index contributed by atoms with van der Waals surface area (Å²) in [5, 5.41) is 8.31. The summed E-state index contributed by atoms with van der Waals surface area (Å²) in [6, 6.07) is 0. The number of hydrogen-bond acceptors (Lipinski definition) is 5. The van der Waals surface area contributed by atoms with E-state index in [9.17, 15) is 9.59 Å². The number of nitrogens with zero attached hydrogens (tertiary/aromatic N) is 2. The van der Waals surface area contributed by atoms with Crippen LogP contribution in [0.15, 0.2) is 12.4 Å². The molecule has 0 unspecified atom stereocenters. The van der Waals surface area contributed by atoms with Gasteiger partial charge in [0.15, 0.2) is 0 Å². The Labute approximate surface area is 124 Å². The van der Waals surface area contributed by atoms with E-state index in [1.807, 2.05) is 20.8 Å². The maximum atomic E-state index is 11.9. The van der Waals surface area contributed by atoms with E-state index in [0.29, 0.717) is 18.3 Å². The number of carbonyl (C=O) groups excluding carboxylic acids is 2. The Morgan fingerprint density at radius 1 is 1.24 bits per heavy atom. The second kappa shape index (κ2) is 8.89. The van der Waals surface area contributed by atoms with Gasteiger partial charge in [0.05, 0.1) is 18.9 Å². The van der Waals surface area contributed by atoms with E-state index in [0.717, 1.165) is 13.0 Å². The van der Waals surface area contributed by atoms with E-state index in [4.69, 9.17) is 0 Å². The fourth-order valence-corrected chi connectivity index (χ4v) is 1.45. The third kappa shape index (κ3) is 6.69. The van der Waals surface area contributed by atoms with Crippen molar-refractivity contribution in [1.29, 1.82) is 0 Å². The van der Waals surface area contributed by atoms with Crippen molar-refractivity contribution < 1.29 is 9.59 Å². The molecule has 1 heterocycles. The number of carbonyl (C=O) groups is 2. The van der Waals surface area contributed by atoms with Crippen molar-refractivity contribution >= 4 is 17.6 Å². The lowest BCUT2D eigenvalue weighted by Gasteiger charge is -2.09. The first-order chi connectivity index (χ1) is 10.0. The first kappa shape index (κ1) is 16.9. The molecule has 1 aromatic heterocycles. The zero-order valence-electron chi connectivity index (χ0n) is 12.8. The van der Waals surface area contributed by atoms with E-state index in [-0.39, 0.29) is 18.1 Å². The Hall–Kier alpha value is -2.18. The van der Waals surface area contributed by atoms with Gasteiger partial charge in [-0.25, -0.2) is 4.98 Å². The van der Waals surface area contributed by atoms with E-state index in [1.54, 1.807) is 6.20 Å². The molecular weight excluding hydrogens is 270 g/mol. The molecule has 0 aromatic carbocycles. The van der Waals surface area contributed by atoms with Crippen LogP contribution in [0.5, 0.6) is 0 Å². The van der Waals surface area contributed by atoms with Crippen LogP contribution in [0.4, 0.5) is 5.82 Å². The molecule has 7 heteroatoms. The van der Waals surface area contributed by atoms with Gasteiger partial charge in [0.25, 0.3) is 5.91 Å². The van der Waals surface area contributed by atoms with E-state index < -0.39 is 5.91 Å². The summed E-state index contributed by atoms with van der Waals surface area (Å²) >= 11 is 0. The van der Waals surface area contributed by atoms with Gasteiger partial charge in [-0.3, -0.25) is 14.6 Å². The summed E-state index contributed by atoms with van der Waals surface area (Å²) in [7, 11) is 0. The van der Waals surface area contributed by atoms with Crippen LogP contribution in [0, 0.1) is 5.92 Å². The van der Waals surface area contributed by atoms with Gasteiger partial charge in [0.2, 0.25) is 5.91 Å². The van der Waals surface area contributed by atoms with Gasteiger partial charge in [-0.2, -0.15) is 0 Å². The largest absolute Gasteiger partial charge is 0.369 e. The molecule has 0 atom stereocenters. The summed E-state index contributed by atoms with van der Waals surface area (Å²) in [4.78, 5) is 31.5.